The van der Waals surface area contributed by atoms with Crippen LogP contribution in [-0.4, -0.2) is 47.3 Å². The van der Waals surface area contributed by atoms with Crippen molar-refractivity contribution in [1.82, 2.24) is 15.1 Å². The molecular weight excluding hydrogens is 302 g/mol. The predicted octanol–water partition coefficient (Wildman–Crippen LogP) is 2.88. The Morgan fingerprint density at radius 3 is 2.50 bits per heavy atom. The van der Waals surface area contributed by atoms with Crippen molar-refractivity contribution < 1.29 is 9.53 Å². The molecule has 24 heavy (non-hydrogen) atoms. The van der Waals surface area contributed by atoms with Gasteiger partial charge >= 0.3 is 0 Å². The third-order valence-electron chi connectivity index (χ3n) is 5.46. The number of rotatable bonds is 3. The lowest BCUT2D eigenvalue weighted by atomic mass is 9.94. The van der Waals surface area contributed by atoms with Crippen LogP contribution < -0.4 is 0 Å². The fourth-order valence-corrected chi connectivity index (χ4v) is 4.20. The average molecular weight is 325 g/mol. The SMILES string of the molecule is COC1[C@@H]2CC[C@H]1CN(C(=O)c1cc(-c3ccc(C)cc3)n[nH]1)C2. The number of hydrogen-bond acceptors (Lipinski definition) is 3. The van der Waals surface area contributed by atoms with Gasteiger partial charge in [-0.05, 0) is 25.8 Å². The Kier molecular flexibility index (Phi) is 3.88. The maximum absolute atomic E-state index is 12.8. The Balaban J connectivity index is 1.51. The summed E-state index contributed by atoms with van der Waals surface area (Å²) in [7, 11) is 1.79. The summed E-state index contributed by atoms with van der Waals surface area (Å²) in [5.41, 5.74) is 3.62. The van der Waals surface area contributed by atoms with Crippen LogP contribution in [-0.2, 0) is 4.74 Å². The van der Waals surface area contributed by atoms with E-state index >= 15 is 0 Å². The maximum Gasteiger partial charge on any atom is 0.271 e. The lowest BCUT2D eigenvalue weighted by Gasteiger charge is -2.36. The molecule has 4 rings (SSSR count). The molecule has 1 aliphatic carbocycles. The number of piperidine rings is 1. The van der Waals surface area contributed by atoms with Crippen LogP contribution in [0.15, 0.2) is 30.3 Å². The second-order valence-electron chi connectivity index (χ2n) is 7.04. The molecule has 1 aromatic carbocycles. The molecule has 1 N–H and O–H groups in total. The highest BCUT2D eigenvalue weighted by Crippen LogP contribution is 2.39. The third-order valence-corrected chi connectivity index (χ3v) is 5.46. The van der Waals surface area contributed by atoms with Crippen molar-refractivity contribution in [3.63, 3.8) is 0 Å². The number of likely N-dealkylation sites (tertiary alicyclic amines) is 1. The Hall–Kier alpha value is -2.14. The first-order valence-corrected chi connectivity index (χ1v) is 8.60. The van der Waals surface area contributed by atoms with E-state index in [4.69, 9.17) is 4.74 Å². The summed E-state index contributed by atoms with van der Waals surface area (Å²) in [6.07, 6.45) is 2.63. The van der Waals surface area contributed by atoms with E-state index in [1.807, 2.05) is 23.1 Å². The minimum Gasteiger partial charge on any atom is -0.381 e. The van der Waals surface area contributed by atoms with E-state index in [2.05, 4.69) is 29.3 Å². The third kappa shape index (κ3) is 2.63. The molecule has 1 unspecified atom stereocenters. The Labute approximate surface area is 142 Å². The molecule has 2 heterocycles. The van der Waals surface area contributed by atoms with Gasteiger partial charge in [0.15, 0.2) is 0 Å². The van der Waals surface area contributed by atoms with E-state index in [1.165, 1.54) is 5.56 Å². The number of carbonyl (C=O) groups excluding carboxylic acids is 1. The van der Waals surface area contributed by atoms with Crippen LogP contribution in [0.3, 0.4) is 0 Å². The van der Waals surface area contributed by atoms with Crippen LogP contribution in [0, 0.1) is 18.8 Å². The number of nitrogens with zero attached hydrogens (tertiary/aromatic N) is 2. The number of hydrogen-bond donors (Lipinski definition) is 1. The van der Waals surface area contributed by atoms with E-state index < -0.39 is 0 Å². The minimum atomic E-state index is 0.0484. The molecule has 1 amide bonds. The highest BCUT2D eigenvalue weighted by molar-refractivity contribution is 5.93. The summed E-state index contributed by atoms with van der Waals surface area (Å²) in [6, 6.07) is 10.0. The number of fused-ring (bicyclic) bond motifs is 2. The molecular formula is C19H23N3O2. The largest absolute Gasteiger partial charge is 0.381 e. The standard InChI is InChI=1S/C19H23N3O2/c1-12-3-5-13(6-4-12)16-9-17(21-20-16)19(23)22-10-14-7-8-15(11-22)18(14)24-2/h3-6,9,14-15,18H,7-8,10-11H2,1-2H3,(H,20,21)/t14-,15+,18?. The van der Waals surface area contributed by atoms with Gasteiger partial charge in [-0.15, -0.1) is 0 Å². The lowest BCUT2D eigenvalue weighted by Crippen LogP contribution is -2.48. The van der Waals surface area contributed by atoms with Crippen LogP contribution in [0.5, 0.6) is 0 Å². The van der Waals surface area contributed by atoms with Gasteiger partial charge in [0, 0.05) is 37.6 Å². The van der Waals surface area contributed by atoms with Crippen molar-refractivity contribution in [2.75, 3.05) is 20.2 Å². The Morgan fingerprint density at radius 2 is 1.88 bits per heavy atom. The molecule has 1 aliphatic heterocycles. The van der Waals surface area contributed by atoms with Crippen molar-refractivity contribution in [2.45, 2.75) is 25.9 Å². The van der Waals surface area contributed by atoms with Crippen LogP contribution >= 0.6 is 0 Å². The first kappa shape index (κ1) is 15.4. The van der Waals surface area contributed by atoms with E-state index in [1.54, 1.807) is 7.11 Å². The van der Waals surface area contributed by atoms with Gasteiger partial charge in [-0.1, -0.05) is 29.8 Å². The number of carbonyl (C=O) groups is 1. The number of aromatic nitrogens is 2. The summed E-state index contributed by atoms with van der Waals surface area (Å²) >= 11 is 0. The van der Waals surface area contributed by atoms with Crippen molar-refractivity contribution in [1.29, 1.82) is 0 Å². The summed E-state index contributed by atoms with van der Waals surface area (Å²) < 4.78 is 5.63. The van der Waals surface area contributed by atoms with Gasteiger partial charge < -0.3 is 9.64 Å². The second kappa shape index (κ2) is 6.06. The lowest BCUT2D eigenvalue weighted by molar-refractivity contribution is -0.0115. The number of methoxy groups -OCH3 is 1. The first-order valence-electron chi connectivity index (χ1n) is 8.60. The highest BCUT2D eigenvalue weighted by atomic mass is 16.5. The molecule has 0 radical (unpaired) electrons. The molecule has 3 atom stereocenters. The smallest absolute Gasteiger partial charge is 0.271 e. The van der Waals surface area contributed by atoms with Crippen LogP contribution in [0.1, 0.15) is 28.9 Å². The Bertz CT molecular complexity index is 723. The zero-order valence-corrected chi connectivity index (χ0v) is 14.2. The van der Waals surface area contributed by atoms with E-state index in [0.717, 1.165) is 37.2 Å². The van der Waals surface area contributed by atoms with Crippen LogP contribution in [0.25, 0.3) is 11.3 Å². The summed E-state index contributed by atoms with van der Waals surface area (Å²) in [4.78, 5) is 14.8. The van der Waals surface area contributed by atoms with Gasteiger partial charge in [0.05, 0.1) is 11.8 Å². The summed E-state index contributed by atoms with van der Waals surface area (Å²) in [5.74, 6) is 0.988. The molecule has 2 aliphatic rings. The van der Waals surface area contributed by atoms with Gasteiger partial charge in [-0.3, -0.25) is 9.89 Å². The van der Waals surface area contributed by atoms with Gasteiger partial charge in [0.1, 0.15) is 5.69 Å². The fourth-order valence-electron chi connectivity index (χ4n) is 4.20. The van der Waals surface area contributed by atoms with E-state index in [0.29, 0.717) is 23.6 Å². The quantitative estimate of drug-likeness (QED) is 0.944. The molecule has 5 nitrogen and oxygen atoms in total. The molecule has 1 saturated carbocycles. The number of aryl methyl sites for hydroxylation is 1. The monoisotopic (exact) mass is 325 g/mol. The normalized spacial score (nSPS) is 25.9. The highest BCUT2D eigenvalue weighted by Gasteiger charge is 2.43. The van der Waals surface area contributed by atoms with Gasteiger partial charge in [0.25, 0.3) is 5.91 Å². The van der Waals surface area contributed by atoms with Crippen LogP contribution in [0.4, 0.5) is 0 Å². The van der Waals surface area contributed by atoms with E-state index in [9.17, 15) is 4.79 Å². The molecule has 2 aromatic rings. The molecule has 126 valence electrons. The summed E-state index contributed by atoms with van der Waals surface area (Å²) in [5, 5.41) is 7.24. The topological polar surface area (TPSA) is 58.2 Å². The van der Waals surface area contributed by atoms with Gasteiger partial charge in [0.2, 0.25) is 0 Å². The molecule has 1 saturated heterocycles. The van der Waals surface area contributed by atoms with Crippen LogP contribution in [0.2, 0.25) is 0 Å². The molecule has 0 spiro atoms. The first-order chi connectivity index (χ1) is 11.7. The number of amides is 1. The number of H-pyrrole nitrogens is 1. The molecule has 1 aromatic heterocycles. The minimum absolute atomic E-state index is 0.0484. The van der Waals surface area contributed by atoms with Crippen molar-refractivity contribution in [3.05, 3.63) is 41.6 Å². The predicted molar refractivity (Wildman–Crippen MR) is 91.7 cm³/mol. The number of aromatic amines is 1. The Morgan fingerprint density at radius 1 is 1.21 bits per heavy atom. The number of nitrogens with one attached hydrogen (secondary N) is 1. The number of benzene rings is 1. The van der Waals surface area contributed by atoms with Crippen molar-refractivity contribution in [3.8, 4) is 11.3 Å². The molecule has 2 fully saturated rings. The fraction of sp³-hybridized carbons (Fsp3) is 0.474. The zero-order chi connectivity index (χ0) is 16.7. The second-order valence-corrected chi connectivity index (χ2v) is 7.04. The van der Waals surface area contributed by atoms with Crippen molar-refractivity contribution in [2.24, 2.45) is 11.8 Å². The molecule has 2 bridgehead atoms. The van der Waals surface area contributed by atoms with Gasteiger partial charge in [-0.2, -0.15) is 5.10 Å². The maximum atomic E-state index is 12.8. The van der Waals surface area contributed by atoms with Crippen molar-refractivity contribution >= 4 is 5.91 Å². The zero-order valence-electron chi connectivity index (χ0n) is 14.2. The van der Waals surface area contributed by atoms with E-state index in [-0.39, 0.29) is 5.91 Å². The average Bonchev–Trinajstić information content (AvgIpc) is 3.17. The number of ether oxygens (including phenoxy) is 1. The molecule has 5 heteroatoms. The summed E-state index contributed by atoms with van der Waals surface area (Å²) in [6.45, 7) is 3.63. The van der Waals surface area contributed by atoms with Gasteiger partial charge in [-0.25, -0.2) is 0 Å².